The third-order valence-corrected chi connectivity index (χ3v) is 2.47. The molecule has 4 heteroatoms. The molecule has 2 amide bonds. The third kappa shape index (κ3) is 5.45. The summed E-state index contributed by atoms with van der Waals surface area (Å²) >= 11 is 0. The Labute approximate surface area is 115 Å². The van der Waals surface area contributed by atoms with Crippen LogP contribution in [0, 0.1) is 11.8 Å². The van der Waals surface area contributed by atoms with Gasteiger partial charge in [-0.1, -0.05) is 24.0 Å². The molecule has 102 valence electrons. The van der Waals surface area contributed by atoms with Crippen molar-refractivity contribution in [2.75, 3.05) is 13.6 Å². The third-order valence-electron chi connectivity index (χ3n) is 2.47. The molecule has 0 aliphatic carbocycles. The number of hydrogen-bond donors (Lipinski definition) is 2. The molecule has 1 aromatic carbocycles. The molecule has 0 unspecified atom stereocenters. The number of hydrogen-bond acceptors (Lipinski definition) is 2. The van der Waals surface area contributed by atoms with Gasteiger partial charge in [-0.15, -0.1) is 0 Å². The molecule has 4 nitrogen and oxygen atoms in total. The zero-order chi connectivity index (χ0) is 14.3. The first kappa shape index (κ1) is 15.1. The van der Waals surface area contributed by atoms with Crippen LogP contribution in [0.1, 0.15) is 25.0 Å². The van der Waals surface area contributed by atoms with Crippen molar-refractivity contribution in [3.8, 4) is 11.8 Å². The highest BCUT2D eigenvalue weighted by molar-refractivity contribution is 5.74. The first-order valence-electron chi connectivity index (χ1n) is 6.32. The Kier molecular flexibility index (Phi) is 5.91. The van der Waals surface area contributed by atoms with Gasteiger partial charge in [0, 0.05) is 25.2 Å². The number of nitrogens with two attached hydrogens (primary N) is 1. The van der Waals surface area contributed by atoms with E-state index in [0.717, 1.165) is 11.1 Å². The van der Waals surface area contributed by atoms with Gasteiger partial charge in [0.2, 0.25) is 0 Å². The van der Waals surface area contributed by atoms with Gasteiger partial charge in [0.15, 0.2) is 0 Å². The first-order valence-corrected chi connectivity index (χ1v) is 6.32. The molecule has 0 aliphatic rings. The van der Waals surface area contributed by atoms with Gasteiger partial charge in [0.05, 0.1) is 6.54 Å². The fourth-order valence-corrected chi connectivity index (χ4v) is 1.55. The number of amides is 2. The van der Waals surface area contributed by atoms with E-state index < -0.39 is 0 Å². The van der Waals surface area contributed by atoms with Gasteiger partial charge < -0.3 is 16.0 Å². The van der Waals surface area contributed by atoms with E-state index >= 15 is 0 Å². The topological polar surface area (TPSA) is 58.4 Å². The molecule has 0 fully saturated rings. The molecule has 19 heavy (non-hydrogen) atoms. The maximum Gasteiger partial charge on any atom is 0.317 e. The number of rotatable bonds is 3. The number of carbonyl (C=O) groups is 1. The van der Waals surface area contributed by atoms with Gasteiger partial charge in [-0.3, -0.25) is 0 Å². The van der Waals surface area contributed by atoms with Gasteiger partial charge in [0.25, 0.3) is 0 Å². The van der Waals surface area contributed by atoms with Gasteiger partial charge in [0.1, 0.15) is 0 Å². The van der Waals surface area contributed by atoms with Crippen molar-refractivity contribution in [3.05, 3.63) is 35.4 Å². The standard InChI is InChI=1S/C15H21N3O/c1-12(2)17-15(19)18(3)11-14-8-6-13(7-9-14)5-4-10-16/h6-9,12H,10-11,16H2,1-3H3,(H,17,19). The lowest BCUT2D eigenvalue weighted by atomic mass is 10.1. The van der Waals surface area contributed by atoms with E-state index in [0.29, 0.717) is 13.1 Å². The zero-order valence-corrected chi connectivity index (χ0v) is 11.7. The zero-order valence-electron chi connectivity index (χ0n) is 11.7. The van der Waals surface area contributed by atoms with Crippen molar-refractivity contribution in [1.82, 2.24) is 10.2 Å². The predicted octanol–water partition coefficient (Wildman–Crippen LogP) is 1.55. The van der Waals surface area contributed by atoms with Crippen LogP contribution in [-0.2, 0) is 6.54 Å². The molecular formula is C15H21N3O. The van der Waals surface area contributed by atoms with Gasteiger partial charge in [-0.05, 0) is 31.5 Å². The second-order valence-corrected chi connectivity index (χ2v) is 4.66. The summed E-state index contributed by atoms with van der Waals surface area (Å²) in [5.41, 5.74) is 7.32. The lowest BCUT2D eigenvalue weighted by Crippen LogP contribution is -2.40. The first-order chi connectivity index (χ1) is 9.02. The highest BCUT2D eigenvalue weighted by Gasteiger charge is 2.09. The molecule has 0 heterocycles. The molecule has 0 spiro atoms. The largest absolute Gasteiger partial charge is 0.336 e. The summed E-state index contributed by atoms with van der Waals surface area (Å²) in [6, 6.07) is 7.89. The Hall–Kier alpha value is -1.99. The highest BCUT2D eigenvalue weighted by atomic mass is 16.2. The second-order valence-electron chi connectivity index (χ2n) is 4.66. The van der Waals surface area contributed by atoms with Crippen LogP contribution in [0.3, 0.4) is 0 Å². The second kappa shape index (κ2) is 7.45. The maximum absolute atomic E-state index is 11.7. The number of benzene rings is 1. The average molecular weight is 259 g/mol. The van der Waals surface area contributed by atoms with Gasteiger partial charge in [-0.2, -0.15) is 0 Å². The van der Waals surface area contributed by atoms with Crippen molar-refractivity contribution in [2.24, 2.45) is 5.73 Å². The predicted molar refractivity (Wildman–Crippen MR) is 77.5 cm³/mol. The average Bonchev–Trinajstić information content (AvgIpc) is 2.37. The number of urea groups is 1. The Morgan fingerprint density at radius 1 is 1.37 bits per heavy atom. The summed E-state index contributed by atoms with van der Waals surface area (Å²) in [7, 11) is 1.78. The molecule has 0 radical (unpaired) electrons. The monoisotopic (exact) mass is 259 g/mol. The Bertz CT molecular complexity index is 468. The fourth-order valence-electron chi connectivity index (χ4n) is 1.55. The summed E-state index contributed by atoms with van der Waals surface area (Å²) in [5, 5.41) is 2.85. The molecule has 1 rings (SSSR count). The number of carbonyl (C=O) groups excluding carboxylic acids is 1. The van der Waals surface area contributed by atoms with Crippen LogP contribution < -0.4 is 11.1 Å². The van der Waals surface area contributed by atoms with Gasteiger partial charge >= 0.3 is 6.03 Å². The summed E-state index contributed by atoms with van der Waals surface area (Å²) < 4.78 is 0. The lowest BCUT2D eigenvalue weighted by molar-refractivity contribution is 0.204. The van der Waals surface area contributed by atoms with Crippen LogP contribution in [0.5, 0.6) is 0 Å². The Morgan fingerprint density at radius 2 is 2.00 bits per heavy atom. The quantitative estimate of drug-likeness (QED) is 0.809. The maximum atomic E-state index is 11.7. The van der Waals surface area contributed by atoms with Crippen molar-refractivity contribution < 1.29 is 4.79 Å². The summed E-state index contributed by atoms with van der Waals surface area (Å²) in [4.78, 5) is 13.4. The van der Waals surface area contributed by atoms with Crippen molar-refractivity contribution in [3.63, 3.8) is 0 Å². The van der Waals surface area contributed by atoms with Crippen LogP contribution in [-0.4, -0.2) is 30.6 Å². The van der Waals surface area contributed by atoms with Gasteiger partial charge in [-0.25, -0.2) is 4.79 Å². The van der Waals surface area contributed by atoms with Crippen molar-refractivity contribution in [1.29, 1.82) is 0 Å². The number of nitrogens with zero attached hydrogens (tertiary/aromatic N) is 1. The molecule has 0 aromatic heterocycles. The van der Waals surface area contributed by atoms with E-state index in [-0.39, 0.29) is 12.1 Å². The Balaban J connectivity index is 2.60. The summed E-state index contributed by atoms with van der Waals surface area (Å²) in [5.74, 6) is 5.77. The smallest absolute Gasteiger partial charge is 0.317 e. The van der Waals surface area contributed by atoms with E-state index in [4.69, 9.17) is 5.73 Å². The normalized spacial score (nSPS) is 9.74. The molecule has 0 aliphatic heterocycles. The fraction of sp³-hybridized carbons (Fsp3) is 0.400. The molecule has 0 bridgehead atoms. The van der Waals surface area contributed by atoms with Crippen molar-refractivity contribution >= 4 is 6.03 Å². The summed E-state index contributed by atoms with van der Waals surface area (Å²) in [6.07, 6.45) is 0. The Morgan fingerprint density at radius 3 is 2.53 bits per heavy atom. The van der Waals surface area contributed by atoms with E-state index in [1.54, 1.807) is 11.9 Å². The van der Waals surface area contributed by atoms with Crippen LogP contribution in [0.2, 0.25) is 0 Å². The molecule has 0 saturated heterocycles. The lowest BCUT2D eigenvalue weighted by Gasteiger charge is -2.19. The number of nitrogens with one attached hydrogen (secondary N) is 1. The van der Waals surface area contributed by atoms with Crippen LogP contribution in [0.15, 0.2) is 24.3 Å². The van der Waals surface area contributed by atoms with E-state index in [2.05, 4.69) is 17.2 Å². The van der Waals surface area contributed by atoms with Crippen LogP contribution >= 0.6 is 0 Å². The minimum Gasteiger partial charge on any atom is -0.336 e. The van der Waals surface area contributed by atoms with Crippen LogP contribution in [0.4, 0.5) is 4.79 Å². The van der Waals surface area contributed by atoms with E-state index in [1.165, 1.54) is 0 Å². The molecule has 1 aromatic rings. The molecule has 0 atom stereocenters. The van der Waals surface area contributed by atoms with E-state index in [1.807, 2.05) is 38.1 Å². The van der Waals surface area contributed by atoms with Crippen LogP contribution in [0.25, 0.3) is 0 Å². The molecule has 3 N–H and O–H groups in total. The minimum absolute atomic E-state index is 0.0676. The molecule has 0 saturated carbocycles. The molecular weight excluding hydrogens is 238 g/mol. The SMILES string of the molecule is CC(C)NC(=O)N(C)Cc1ccc(C#CCN)cc1. The van der Waals surface area contributed by atoms with E-state index in [9.17, 15) is 4.79 Å². The highest BCUT2D eigenvalue weighted by Crippen LogP contribution is 2.06. The summed E-state index contributed by atoms with van der Waals surface area (Å²) in [6.45, 7) is 4.82. The minimum atomic E-state index is -0.0676. The van der Waals surface area contributed by atoms with Crippen molar-refractivity contribution in [2.45, 2.75) is 26.4 Å².